The molecule has 0 aromatic rings. The van der Waals surface area contributed by atoms with Crippen molar-refractivity contribution in [2.24, 2.45) is 0 Å². The molecule has 0 aliphatic carbocycles. The Hall–Kier alpha value is -1.84. The van der Waals surface area contributed by atoms with Crippen molar-refractivity contribution < 1.29 is 19.8 Å². The molecule has 0 aliphatic heterocycles. The zero-order chi connectivity index (χ0) is 27.8. The van der Waals surface area contributed by atoms with Gasteiger partial charge in [-0.15, -0.1) is 0 Å². The molecule has 0 fully saturated rings. The molecule has 0 aliphatic rings. The van der Waals surface area contributed by atoms with Gasteiger partial charge in [0.2, 0.25) is 0 Å². The number of aliphatic carboxylic acids is 2. The van der Waals surface area contributed by atoms with Gasteiger partial charge in [-0.05, 0) is 51.4 Å². The van der Waals surface area contributed by atoms with Crippen LogP contribution in [0, 0.1) is 0 Å². The molecule has 0 aromatic carbocycles. The first-order valence-corrected chi connectivity index (χ1v) is 16.1. The van der Waals surface area contributed by atoms with Crippen LogP contribution in [0.25, 0.3) is 0 Å². The highest BCUT2D eigenvalue weighted by atomic mass is 16.4. The molecule has 0 amide bonds. The van der Waals surface area contributed by atoms with E-state index in [9.17, 15) is 9.59 Å². The lowest BCUT2D eigenvalue weighted by molar-refractivity contribution is -0.132. The minimum absolute atomic E-state index is 0.839. The fraction of sp³-hybridized carbons (Fsp3) is 0.765. The summed E-state index contributed by atoms with van der Waals surface area (Å²) in [6, 6.07) is 0. The maximum atomic E-state index is 10.4. The van der Waals surface area contributed by atoms with Crippen molar-refractivity contribution in [2.45, 2.75) is 167 Å². The third-order valence-corrected chi connectivity index (χ3v) is 7.17. The molecule has 0 heterocycles. The number of hydrogen-bond donors (Lipinski definition) is 2. The van der Waals surface area contributed by atoms with Crippen LogP contribution in [-0.2, 0) is 9.59 Å². The molecule has 0 radical (unpaired) electrons. The SMILES string of the molecule is O=C(O)C=CCCCCCCC=CCCCCCCCCCCCCCCCCCCCCC=CC(=O)O. The number of hydrogen-bond acceptors (Lipinski definition) is 2. The lowest BCUT2D eigenvalue weighted by Crippen LogP contribution is -1.86. The Bertz CT molecular complexity index is 606. The number of allylic oxidation sites excluding steroid dienone is 4. The van der Waals surface area contributed by atoms with Crippen LogP contribution in [-0.4, -0.2) is 22.2 Å². The summed E-state index contributed by atoms with van der Waals surface area (Å²) >= 11 is 0. The third kappa shape index (κ3) is 34.2. The molecule has 4 nitrogen and oxygen atoms in total. The first-order chi connectivity index (χ1) is 18.6. The van der Waals surface area contributed by atoms with Crippen LogP contribution in [0.4, 0.5) is 0 Å². The molecule has 0 atom stereocenters. The maximum Gasteiger partial charge on any atom is 0.327 e. The van der Waals surface area contributed by atoms with E-state index in [1.165, 1.54) is 153 Å². The van der Waals surface area contributed by atoms with E-state index >= 15 is 0 Å². The van der Waals surface area contributed by atoms with Gasteiger partial charge in [-0.25, -0.2) is 9.59 Å². The van der Waals surface area contributed by atoms with Crippen LogP contribution >= 0.6 is 0 Å². The van der Waals surface area contributed by atoms with Crippen molar-refractivity contribution in [2.75, 3.05) is 0 Å². The highest BCUT2D eigenvalue weighted by molar-refractivity contribution is 5.79. The second-order valence-corrected chi connectivity index (χ2v) is 10.9. The highest BCUT2D eigenvalue weighted by Gasteiger charge is 1.96. The summed E-state index contributed by atoms with van der Waals surface area (Å²) in [4.78, 5) is 20.7. The summed E-state index contributed by atoms with van der Waals surface area (Å²) in [6.45, 7) is 0. The van der Waals surface area contributed by atoms with Crippen LogP contribution in [0.1, 0.15) is 167 Å². The number of carboxylic acid groups (broad SMARTS) is 2. The molecule has 4 heteroatoms. The molecule has 0 rings (SSSR count). The van der Waals surface area contributed by atoms with E-state index in [0.29, 0.717) is 0 Å². The van der Waals surface area contributed by atoms with Crippen LogP contribution in [0.5, 0.6) is 0 Å². The quantitative estimate of drug-likeness (QED) is 0.0548. The Morgan fingerprint density at radius 1 is 0.316 bits per heavy atom. The fourth-order valence-electron chi connectivity index (χ4n) is 4.83. The van der Waals surface area contributed by atoms with Crippen molar-refractivity contribution in [3.05, 3.63) is 36.5 Å². The second-order valence-electron chi connectivity index (χ2n) is 10.9. The van der Waals surface area contributed by atoms with Crippen molar-refractivity contribution in [1.82, 2.24) is 0 Å². The summed E-state index contributed by atoms with van der Waals surface area (Å²) in [5.41, 5.74) is 0. The van der Waals surface area contributed by atoms with Gasteiger partial charge < -0.3 is 10.2 Å². The molecule has 0 unspecified atom stereocenters. The Balaban J connectivity index is 3.13. The van der Waals surface area contributed by atoms with Crippen molar-refractivity contribution in [1.29, 1.82) is 0 Å². The Morgan fingerprint density at radius 2 is 0.500 bits per heavy atom. The Morgan fingerprint density at radius 3 is 0.711 bits per heavy atom. The van der Waals surface area contributed by atoms with Gasteiger partial charge in [-0.2, -0.15) is 0 Å². The summed E-state index contributed by atoms with van der Waals surface area (Å²) in [5.74, 6) is -1.68. The molecule has 220 valence electrons. The Labute approximate surface area is 235 Å². The molecule has 0 bridgehead atoms. The van der Waals surface area contributed by atoms with Gasteiger partial charge in [0.1, 0.15) is 0 Å². The lowest BCUT2D eigenvalue weighted by Gasteiger charge is -2.04. The summed E-state index contributed by atoms with van der Waals surface area (Å²) in [5, 5.41) is 17.1. The monoisotopic (exact) mass is 532 g/mol. The molecule has 0 saturated carbocycles. The van der Waals surface area contributed by atoms with Gasteiger partial charge in [0.15, 0.2) is 0 Å². The minimum Gasteiger partial charge on any atom is -0.478 e. The highest BCUT2D eigenvalue weighted by Crippen LogP contribution is 2.15. The molecule has 0 saturated heterocycles. The normalized spacial score (nSPS) is 11.9. The molecular formula is C34H60O4. The summed E-state index contributed by atoms with van der Waals surface area (Å²) in [7, 11) is 0. The summed E-state index contributed by atoms with van der Waals surface area (Å²) < 4.78 is 0. The first-order valence-electron chi connectivity index (χ1n) is 16.1. The average molecular weight is 533 g/mol. The predicted octanol–water partition coefficient (Wildman–Crippen LogP) is 11.0. The Kier molecular flexibility index (Phi) is 29.9. The largest absolute Gasteiger partial charge is 0.478 e. The number of carboxylic acids is 2. The van der Waals surface area contributed by atoms with Gasteiger partial charge in [-0.3, -0.25) is 0 Å². The van der Waals surface area contributed by atoms with Crippen LogP contribution in [0.2, 0.25) is 0 Å². The van der Waals surface area contributed by atoms with Crippen molar-refractivity contribution >= 4 is 11.9 Å². The maximum absolute atomic E-state index is 10.4. The zero-order valence-corrected chi connectivity index (χ0v) is 24.6. The molecule has 2 N–H and O–H groups in total. The van der Waals surface area contributed by atoms with E-state index in [2.05, 4.69) is 12.2 Å². The molecule has 38 heavy (non-hydrogen) atoms. The lowest BCUT2D eigenvalue weighted by atomic mass is 10.0. The number of carbonyl (C=O) groups is 2. The standard InChI is InChI=1S/C34H60O4/c35-33(36)31-29-27-25-23-21-19-17-15-13-11-9-7-5-3-1-2-4-6-8-10-12-14-16-18-20-22-24-26-28-30-32-34(37)38/h13,15,29-32H,1-12,14,16-28H2,(H,35,36)(H,37,38). The first kappa shape index (κ1) is 36.2. The fourth-order valence-corrected chi connectivity index (χ4v) is 4.83. The minimum atomic E-state index is -0.846. The second kappa shape index (κ2) is 31.4. The topological polar surface area (TPSA) is 74.6 Å². The molecule has 0 spiro atoms. The van der Waals surface area contributed by atoms with E-state index < -0.39 is 11.9 Å². The zero-order valence-electron chi connectivity index (χ0n) is 24.6. The van der Waals surface area contributed by atoms with Crippen molar-refractivity contribution in [3.8, 4) is 0 Å². The molecule has 0 aromatic heterocycles. The number of unbranched alkanes of at least 4 members (excludes halogenated alkanes) is 24. The van der Waals surface area contributed by atoms with Crippen LogP contribution in [0.15, 0.2) is 36.5 Å². The van der Waals surface area contributed by atoms with Gasteiger partial charge in [0, 0.05) is 12.2 Å². The van der Waals surface area contributed by atoms with Gasteiger partial charge in [-0.1, -0.05) is 140 Å². The van der Waals surface area contributed by atoms with Gasteiger partial charge in [0.25, 0.3) is 0 Å². The van der Waals surface area contributed by atoms with E-state index in [1.54, 1.807) is 12.2 Å². The van der Waals surface area contributed by atoms with E-state index in [0.717, 1.165) is 25.7 Å². The molecular weight excluding hydrogens is 472 g/mol. The van der Waals surface area contributed by atoms with Crippen molar-refractivity contribution in [3.63, 3.8) is 0 Å². The van der Waals surface area contributed by atoms with E-state index in [4.69, 9.17) is 10.2 Å². The summed E-state index contributed by atoms with van der Waals surface area (Å²) in [6.07, 6.45) is 44.2. The van der Waals surface area contributed by atoms with Gasteiger partial charge >= 0.3 is 11.9 Å². The average Bonchev–Trinajstić information content (AvgIpc) is 2.89. The van der Waals surface area contributed by atoms with Crippen LogP contribution < -0.4 is 0 Å². The van der Waals surface area contributed by atoms with Crippen LogP contribution in [0.3, 0.4) is 0 Å². The number of rotatable bonds is 30. The third-order valence-electron chi connectivity index (χ3n) is 7.17. The van der Waals surface area contributed by atoms with E-state index in [-0.39, 0.29) is 0 Å². The van der Waals surface area contributed by atoms with E-state index in [1.807, 2.05) is 0 Å². The predicted molar refractivity (Wildman–Crippen MR) is 163 cm³/mol. The van der Waals surface area contributed by atoms with Gasteiger partial charge in [0.05, 0.1) is 0 Å². The smallest absolute Gasteiger partial charge is 0.327 e.